The molecule has 8 heteroatoms. The molecule has 6 nitrogen and oxygen atoms in total. The number of aryl methyl sites for hydroxylation is 1. The first-order valence-corrected chi connectivity index (χ1v) is 12.7. The number of carbonyl (C=O) groups excluding carboxylic acids is 1. The summed E-state index contributed by atoms with van der Waals surface area (Å²) >= 11 is 1.48. The van der Waals surface area contributed by atoms with Gasteiger partial charge in [0.25, 0.3) is 5.91 Å². The van der Waals surface area contributed by atoms with Crippen molar-refractivity contribution in [2.24, 2.45) is 0 Å². The van der Waals surface area contributed by atoms with Crippen LogP contribution in [0.3, 0.4) is 0 Å². The minimum atomic E-state index is -3.40. The number of fused-ring (bicyclic) bond motifs is 1. The minimum absolute atomic E-state index is 0.136. The molecular weight excluding hydrogens is 418 g/mol. The second-order valence-electron chi connectivity index (χ2n) is 7.20. The maximum atomic E-state index is 13.5. The molecule has 0 unspecified atom stereocenters. The monoisotopic (exact) mass is 445 g/mol. The topological polar surface area (TPSA) is 70.6 Å². The minimum Gasteiger partial charge on any atom is -0.302 e. The number of hydrogen-bond donors (Lipinski definition) is 0. The Morgan fingerprint density at radius 2 is 1.77 bits per heavy atom. The van der Waals surface area contributed by atoms with E-state index in [2.05, 4.69) is 18.7 Å². The van der Waals surface area contributed by atoms with Crippen molar-refractivity contribution in [2.75, 3.05) is 37.3 Å². The van der Waals surface area contributed by atoms with Crippen LogP contribution < -0.4 is 4.90 Å². The second kappa shape index (κ2) is 9.24. The fourth-order valence-electron chi connectivity index (χ4n) is 3.27. The fraction of sp³-hybridized carbons (Fsp3) is 0.364. The van der Waals surface area contributed by atoms with Gasteiger partial charge in [-0.05, 0) is 49.8 Å². The lowest BCUT2D eigenvalue weighted by Crippen LogP contribution is -2.39. The first-order chi connectivity index (χ1) is 14.2. The number of hydrogen-bond acceptors (Lipinski definition) is 6. The zero-order valence-electron chi connectivity index (χ0n) is 17.8. The highest BCUT2D eigenvalue weighted by atomic mass is 32.2. The van der Waals surface area contributed by atoms with Crippen LogP contribution in [0.2, 0.25) is 0 Å². The van der Waals surface area contributed by atoms with Gasteiger partial charge in [-0.1, -0.05) is 43.4 Å². The number of aromatic nitrogens is 1. The Labute approximate surface area is 182 Å². The molecule has 0 saturated heterocycles. The average molecular weight is 446 g/mol. The molecule has 0 aliphatic rings. The summed E-state index contributed by atoms with van der Waals surface area (Å²) in [5.41, 5.74) is 2.29. The van der Waals surface area contributed by atoms with E-state index >= 15 is 0 Å². The highest BCUT2D eigenvalue weighted by Gasteiger charge is 2.23. The standard InChI is InChI=1S/C22H27N3O3S2/c1-5-24(6-2)13-14-25(22-23-20-16(3)9-7-12-19(20)29-22)21(26)17-10-8-11-18(15-17)30(4,27)28/h7-12,15H,5-6,13-14H2,1-4H3. The third-order valence-electron chi connectivity index (χ3n) is 5.13. The maximum absolute atomic E-state index is 13.5. The molecule has 0 fully saturated rings. The number of carbonyl (C=O) groups is 1. The first-order valence-electron chi connectivity index (χ1n) is 9.95. The summed E-state index contributed by atoms with van der Waals surface area (Å²) in [6.07, 6.45) is 1.14. The molecule has 0 aliphatic heterocycles. The van der Waals surface area contributed by atoms with Crippen molar-refractivity contribution in [1.82, 2.24) is 9.88 Å². The lowest BCUT2D eigenvalue weighted by molar-refractivity contribution is 0.0983. The van der Waals surface area contributed by atoms with Gasteiger partial charge in [0.05, 0.1) is 15.1 Å². The van der Waals surface area contributed by atoms with Crippen LogP contribution >= 0.6 is 11.3 Å². The number of benzene rings is 2. The van der Waals surface area contributed by atoms with Crippen molar-refractivity contribution in [3.63, 3.8) is 0 Å². The van der Waals surface area contributed by atoms with Crippen molar-refractivity contribution in [1.29, 1.82) is 0 Å². The SMILES string of the molecule is CCN(CC)CCN(C(=O)c1cccc(S(C)(=O)=O)c1)c1nc2c(C)cccc2s1. The maximum Gasteiger partial charge on any atom is 0.260 e. The summed E-state index contributed by atoms with van der Waals surface area (Å²) in [4.78, 5) is 22.3. The van der Waals surface area contributed by atoms with Gasteiger partial charge in [-0.2, -0.15) is 0 Å². The molecule has 0 radical (unpaired) electrons. The summed E-state index contributed by atoms with van der Waals surface area (Å²) in [6.45, 7) is 9.14. The van der Waals surface area contributed by atoms with Crippen LogP contribution in [0.15, 0.2) is 47.4 Å². The van der Waals surface area contributed by atoms with E-state index in [1.807, 2.05) is 25.1 Å². The molecule has 0 saturated carbocycles. The summed E-state index contributed by atoms with van der Waals surface area (Å²) in [7, 11) is -3.40. The molecule has 1 aromatic heterocycles. The normalized spacial score (nSPS) is 11.9. The molecule has 0 atom stereocenters. The molecule has 160 valence electrons. The Morgan fingerprint density at radius 3 is 2.40 bits per heavy atom. The predicted molar refractivity (Wildman–Crippen MR) is 123 cm³/mol. The average Bonchev–Trinajstić information content (AvgIpc) is 3.16. The van der Waals surface area contributed by atoms with Crippen molar-refractivity contribution in [3.8, 4) is 0 Å². The van der Waals surface area contributed by atoms with Crippen molar-refractivity contribution in [3.05, 3.63) is 53.6 Å². The van der Waals surface area contributed by atoms with Crippen molar-refractivity contribution < 1.29 is 13.2 Å². The third kappa shape index (κ3) is 4.88. The van der Waals surface area contributed by atoms with Gasteiger partial charge in [0, 0.05) is 24.9 Å². The van der Waals surface area contributed by atoms with Crippen LogP contribution in [-0.4, -0.2) is 56.6 Å². The van der Waals surface area contributed by atoms with Crippen molar-refractivity contribution in [2.45, 2.75) is 25.7 Å². The van der Waals surface area contributed by atoms with Crippen LogP contribution in [0, 0.1) is 6.92 Å². The van der Waals surface area contributed by atoms with Gasteiger partial charge in [0.1, 0.15) is 0 Å². The fourth-order valence-corrected chi connectivity index (χ4v) is 5.01. The third-order valence-corrected chi connectivity index (χ3v) is 7.28. The highest BCUT2D eigenvalue weighted by molar-refractivity contribution is 7.90. The van der Waals surface area contributed by atoms with Crippen molar-refractivity contribution >= 4 is 42.4 Å². The summed E-state index contributed by atoms with van der Waals surface area (Å²) in [6, 6.07) is 12.2. The number of thiazole rings is 1. The number of anilines is 1. The van der Waals surface area contributed by atoms with Crippen LogP contribution in [0.1, 0.15) is 29.8 Å². The molecule has 3 aromatic rings. The number of likely N-dealkylation sites (N-methyl/N-ethyl adjacent to an activating group) is 1. The number of sulfone groups is 1. The second-order valence-corrected chi connectivity index (χ2v) is 10.2. The molecule has 30 heavy (non-hydrogen) atoms. The molecule has 0 spiro atoms. The van der Waals surface area contributed by atoms with Gasteiger partial charge in [0.2, 0.25) is 0 Å². The number of nitrogens with zero attached hydrogens (tertiary/aromatic N) is 3. The van der Waals surface area contributed by atoms with Gasteiger partial charge < -0.3 is 4.90 Å². The Hall–Kier alpha value is -2.29. The zero-order chi connectivity index (χ0) is 21.9. The first kappa shape index (κ1) is 22.4. The van der Waals surface area contributed by atoms with Crippen LogP contribution in [0.4, 0.5) is 5.13 Å². The number of amides is 1. The van der Waals surface area contributed by atoms with E-state index in [9.17, 15) is 13.2 Å². The predicted octanol–water partition coefficient (Wildman–Crippen LogP) is 4.00. The largest absolute Gasteiger partial charge is 0.302 e. The Morgan fingerprint density at radius 1 is 1.07 bits per heavy atom. The zero-order valence-corrected chi connectivity index (χ0v) is 19.4. The number of rotatable bonds is 8. The van der Waals surface area contributed by atoms with Crippen LogP contribution in [0.5, 0.6) is 0 Å². The van der Waals surface area contributed by atoms with E-state index in [4.69, 9.17) is 4.98 Å². The molecule has 0 aliphatic carbocycles. The Kier molecular flexibility index (Phi) is 6.90. The summed E-state index contributed by atoms with van der Waals surface area (Å²) in [5.74, 6) is -0.246. The van der Waals surface area contributed by atoms with E-state index in [0.29, 0.717) is 23.8 Å². The Balaban J connectivity index is 2.02. The molecular formula is C22H27N3O3S2. The molecule has 0 N–H and O–H groups in total. The molecule has 1 amide bonds. The van der Waals surface area contributed by atoms with Gasteiger partial charge in [0.15, 0.2) is 15.0 Å². The molecule has 2 aromatic carbocycles. The van der Waals surface area contributed by atoms with Gasteiger partial charge in [-0.15, -0.1) is 0 Å². The van der Waals surface area contributed by atoms with E-state index in [0.717, 1.165) is 35.1 Å². The Bertz CT molecular complexity index is 1150. The van der Waals surface area contributed by atoms with E-state index in [-0.39, 0.29) is 10.8 Å². The van der Waals surface area contributed by atoms with Gasteiger partial charge in [-0.25, -0.2) is 13.4 Å². The van der Waals surface area contributed by atoms with Crippen LogP contribution in [-0.2, 0) is 9.84 Å². The highest BCUT2D eigenvalue weighted by Crippen LogP contribution is 2.31. The van der Waals surface area contributed by atoms with Crippen LogP contribution in [0.25, 0.3) is 10.2 Å². The summed E-state index contributed by atoms with van der Waals surface area (Å²) < 4.78 is 24.9. The lowest BCUT2D eigenvalue weighted by atomic mass is 10.2. The van der Waals surface area contributed by atoms with E-state index < -0.39 is 9.84 Å². The molecule has 3 rings (SSSR count). The number of para-hydroxylation sites is 1. The molecule has 0 bridgehead atoms. The molecule has 1 heterocycles. The van der Waals surface area contributed by atoms with E-state index in [1.165, 1.54) is 23.5 Å². The quantitative estimate of drug-likeness (QED) is 0.524. The van der Waals surface area contributed by atoms with E-state index in [1.54, 1.807) is 17.0 Å². The summed E-state index contributed by atoms with van der Waals surface area (Å²) in [5, 5.41) is 0.626. The van der Waals surface area contributed by atoms with Gasteiger partial charge >= 0.3 is 0 Å². The van der Waals surface area contributed by atoms with Gasteiger partial charge in [-0.3, -0.25) is 9.69 Å². The lowest BCUT2D eigenvalue weighted by Gasteiger charge is -2.25. The smallest absolute Gasteiger partial charge is 0.260 e.